The van der Waals surface area contributed by atoms with E-state index < -0.39 is 16.6 Å². The Kier molecular flexibility index (Phi) is 5.75. The Morgan fingerprint density at radius 3 is 2.67 bits per heavy atom. The average Bonchev–Trinajstić information content (AvgIpc) is 2.90. The molecule has 0 unspecified atom stereocenters. The quantitative estimate of drug-likeness (QED) is 0.608. The summed E-state index contributed by atoms with van der Waals surface area (Å²) >= 11 is 0. The van der Waals surface area contributed by atoms with Gasteiger partial charge in [0.15, 0.2) is 0 Å². The van der Waals surface area contributed by atoms with Gasteiger partial charge in [0.05, 0.1) is 4.92 Å². The number of hydrogen-bond acceptors (Lipinski definition) is 4. The zero-order valence-corrected chi connectivity index (χ0v) is 14.6. The van der Waals surface area contributed by atoms with E-state index in [0.717, 1.165) is 12.1 Å². The molecule has 0 bridgehead atoms. The van der Waals surface area contributed by atoms with Crippen molar-refractivity contribution in [3.63, 3.8) is 0 Å². The van der Waals surface area contributed by atoms with Crippen LogP contribution in [0.2, 0.25) is 0 Å². The highest BCUT2D eigenvalue weighted by molar-refractivity contribution is 5.94. The molecular weight excluding hydrogens is 356 g/mol. The maximum Gasteiger partial charge on any atom is 0.270 e. The number of carbonyl (C=O) groups excluding carboxylic acids is 1. The summed E-state index contributed by atoms with van der Waals surface area (Å²) < 4.78 is 27.2. The first-order chi connectivity index (χ1) is 12.9. The van der Waals surface area contributed by atoms with Gasteiger partial charge >= 0.3 is 0 Å². The van der Waals surface area contributed by atoms with Crippen molar-refractivity contribution in [2.24, 2.45) is 0 Å². The van der Waals surface area contributed by atoms with Crippen LogP contribution in [0.15, 0.2) is 42.5 Å². The van der Waals surface area contributed by atoms with Crippen LogP contribution >= 0.6 is 0 Å². The normalized spacial score (nSPS) is 15.4. The summed E-state index contributed by atoms with van der Waals surface area (Å²) in [5.74, 6) is -1.20. The number of amides is 1. The topological polar surface area (TPSA) is 66.7 Å². The van der Waals surface area contributed by atoms with Gasteiger partial charge in [-0.2, -0.15) is 0 Å². The number of nitrogens with zero attached hydrogens (tertiary/aromatic N) is 3. The van der Waals surface area contributed by atoms with Crippen molar-refractivity contribution in [2.45, 2.75) is 13.0 Å². The number of nitro benzene ring substituents is 1. The fourth-order valence-electron chi connectivity index (χ4n) is 3.17. The summed E-state index contributed by atoms with van der Waals surface area (Å²) in [5.41, 5.74) is 0.432. The third-order valence-electron chi connectivity index (χ3n) is 4.58. The highest BCUT2D eigenvalue weighted by atomic mass is 19.1. The lowest BCUT2D eigenvalue weighted by Crippen LogP contribution is -2.35. The summed E-state index contributed by atoms with van der Waals surface area (Å²) in [6.07, 6.45) is 0.678. The van der Waals surface area contributed by atoms with Crippen LogP contribution in [0.4, 0.5) is 14.5 Å². The van der Waals surface area contributed by atoms with Crippen molar-refractivity contribution in [1.29, 1.82) is 0 Å². The minimum absolute atomic E-state index is 0.126. The maximum absolute atomic E-state index is 13.8. The monoisotopic (exact) mass is 375 g/mol. The smallest absolute Gasteiger partial charge is 0.270 e. The summed E-state index contributed by atoms with van der Waals surface area (Å²) in [7, 11) is 0. The number of non-ortho nitro benzene ring substituents is 1. The van der Waals surface area contributed by atoms with Gasteiger partial charge in [0, 0.05) is 56.0 Å². The van der Waals surface area contributed by atoms with E-state index in [9.17, 15) is 23.7 Å². The zero-order valence-electron chi connectivity index (χ0n) is 14.6. The molecule has 1 saturated heterocycles. The van der Waals surface area contributed by atoms with Crippen molar-refractivity contribution in [3.8, 4) is 0 Å². The predicted molar refractivity (Wildman–Crippen MR) is 95.3 cm³/mol. The maximum atomic E-state index is 13.8. The molecule has 2 aromatic rings. The van der Waals surface area contributed by atoms with Crippen LogP contribution in [0.3, 0.4) is 0 Å². The molecule has 1 heterocycles. The molecule has 0 radical (unpaired) electrons. The molecule has 0 aliphatic carbocycles. The number of nitro groups is 1. The van der Waals surface area contributed by atoms with Crippen LogP contribution in [-0.2, 0) is 6.54 Å². The van der Waals surface area contributed by atoms with E-state index in [1.165, 1.54) is 24.3 Å². The summed E-state index contributed by atoms with van der Waals surface area (Å²) in [4.78, 5) is 26.6. The van der Waals surface area contributed by atoms with Crippen LogP contribution in [-0.4, -0.2) is 46.8 Å². The van der Waals surface area contributed by atoms with Gasteiger partial charge in [-0.25, -0.2) is 8.78 Å². The second-order valence-corrected chi connectivity index (χ2v) is 6.47. The fraction of sp³-hybridized carbons (Fsp3) is 0.316. The van der Waals surface area contributed by atoms with Gasteiger partial charge in [-0.3, -0.25) is 19.8 Å². The molecule has 0 spiro atoms. The van der Waals surface area contributed by atoms with E-state index in [1.54, 1.807) is 11.0 Å². The fourth-order valence-corrected chi connectivity index (χ4v) is 3.17. The Balaban J connectivity index is 1.66. The lowest BCUT2D eigenvalue weighted by molar-refractivity contribution is -0.384. The molecule has 3 rings (SSSR count). The lowest BCUT2D eigenvalue weighted by atomic mass is 10.1. The van der Waals surface area contributed by atoms with Crippen molar-refractivity contribution in [3.05, 3.63) is 75.3 Å². The van der Waals surface area contributed by atoms with E-state index in [1.807, 2.05) is 4.90 Å². The van der Waals surface area contributed by atoms with Gasteiger partial charge in [0.25, 0.3) is 11.6 Å². The Hall–Kier alpha value is -2.87. The molecule has 0 saturated carbocycles. The Morgan fingerprint density at radius 1 is 1.07 bits per heavy atom. The van der Waals surface area contributed by atoms with E-state index in [2.05, 4.69) is 0 Å². The number of hydrogen-bond donors (Lipinski definition) is 0. The van der Waals surface area contributed by atoms with Gasteiger partial charge in [-0.15, -0.1) is 0 Å². The van der Waals surface area contributed by atoms with Crippen molar-refractivity contribution < 1.29 is 18.5 Å². The molecular formula is C19H19F2N3O3. The summed E-state index contributed by atoms with van der Waals surface area (Å²) in [6.45, 7) is 2.34. The predicted octanol–water partition coefficient (Wildman–Crippen LogP) is 3.22. The van der Waals surface area contributed by atoms with Crippen LogP contribution in [0.5, 0.6) is 0 Å². The number of carbonyl (C=O) groups is 1. The molecule has 0 aromatic heterocycles. The van der Waals surface area contributed by atoms with Crippen molar-refractivity contribution in [2.75, 3.05) is 26.2 Å². The molecule has 142 valence electrons. The number of halogens is 2. The molecule has 0 N–H and O–H groups in total. The molecule has 1 fully saturated rings. The number of benzene rings is 2. The third kappa shape index (κ3) is 4.65. The first-order valence-electron chi connectivity index (χ1n) is 8.64. The van der Waals surface area contributed by atoms with Gasteiger partial charge in [-0.05, 0) is 30.7 Å². The minimum Gasteiger partial charge on any atom is -0.337 e. The Bertz CT molecular complexity index is 860. The largest absolute Gasteiger partial charge is 0.337 e. The Labute approximate surface area is 155 Å². The molecule has 27 heavy (non-hydrogen) atoms. The molecule has 1 amide bonds. The van der Waals surface area contributed by atoms with Gasteiger partial charge < -0.3 is 4.90 Å². The second kappa shape index (κ2) is 8.22. The van der Waals surface area contributed by atoms with Crippen LogP contribution < -0.4 is 0 Å². The van der Waals surface area contributed by atoms with E-state index in [4.69, 9.17) is 0 Å². The molecule has 1 aliphatic rings. The molecule has 1 aliphatic heterocycles. The summed E-state index contributed by atoms with van der Waals surface area (Å²) in [6, 6.07) is 9.04. The first-order valence-corrected chi connectivity index (χ1v) is 8.64. The van der Waals surface area contributed by atoms with Crippen LogP contribution in [0, 0.1) is 21.7 Å². The average molecular weight is 375 g/mol. The third-order valence-corrected chi connectivity index (χ3v) is 4.58. The highest BCUT2D eigenvalue weighted by Crippen LogP contribution is 2.17. The first kappa shape index (κ1) is 18.9. The van der Waals surface area contributed by atoms with Crippen molar-refractivity contribution in [1.82, 2.24) is 9.80 Å². The van der Waals surface area contributed by atoms with Gasteiger partial charge in [0.1, 0.15) is 11.6 Å². The number of rotatable bonds is 4. The Morgan fingerprint density at radius 2 is 1.89 bits per heavy atom. The molecule has 2 aromatic carbocycles. The van der Waals surface area contributed by atoms with Crippen molar-refractivity contribution >= 4 is 11.6 Å². The van der Waals surface area contributed by atoms with Crippen LogP contribution in [0.1, 0.15) is 22.3 Å². The summed E-state index contributed by atoms with van der Waals surface area (Å²) in [5, 5.41) is 10.9. The SMILES string of the molecule is O=C(c1cccc([N+](=O)[O-])c1)N1CCCN(Cc2cc(F)ccc2F)CC1. The van der Waals surface area contributed by atoms with E-state index >= 15 is 0 Å². The molecule has 8 heteroatoms. The van der Waals surface area contributed by atoms with E-state index in [-0.39, 0.29) is 29.3 Å². The second-order valence-electron chi connectivity index (χ2n) is 6.47. The molecule has 0 atom stereocenters. The lowest BCUT2D eigenvalue weighted by Gasteiger charge is -2.22. The molecule has 6 nitrogen and oxygen atoms in total. The van der Waals surface area contributed by atoms with Gasteiger partial charge in [0.2, 0.25) is 0 Å². The van der Waals surface area contributed by atoms with Gasteiger partial charge in [-0.1, -0.05) is 6.07 Å². The highest BCUT2D eigenvalue weighted by Gasteiger charge is 2.22. The van der Waals surface area contributed by atoms with E-state index in [0.29, 0.717) is 32.6 Å². The zero-order chi connectivity index (χ0) is 19.4. The standard InChI is InChI=1S/C19H19F2N3O3/c20-16-5-6-18(21)15(11-16)13-22-7-2-8-23(10-9-22)19(25)14-3-1-4-17(12-14)24(26)27/h1,3-6,11-12H,2,7-10,13H2. The van der Waals surface area contributed by atoms with Crippen LogP contribution in [0.25, 0.3) is 0 Å². The minimum atomic E-state index is -0.533.